The number of carboxylic acid groups (broad SMARTS) is 1. The lowest BCUT2D eigenvalue weighted by atomic mass is 9.97. The summed E-state index contributed by atoms with van der Waals surface area (Å²) in [6, 6.07) is 17.0. The van der Waals surface area contributed by atoms with Gasteiger partial charge in [0.05, 0.1) is 11.3 Å². The Labute approximate surface area is 129 Å². The fourth-order valence-corrected chi connectivity index (χ4v) is 2.42. The lowest BCUT2D eigenvalue weighted by Gasteiger charge is -2.20. The summed E-state index contributed by atoms with van der Waals surface area (Å²) < 4.78 is 5.76. The van der Waals surface area contributed by atoms with Gasteiger partial charge >= 0.3 is 5.97 Å². The van der Waals surface area contributed by atoms with Crippen LogP contribution in [0.5, 0.6) is 11.5 Å². The molecule has 0 radical (unpaired) electrons. The minimum absolute atomic E-state index is 0.0850. The summed E-state index contributed by atoms with van der Waals surface area (Å²) in [5, 5.41) is 8.87. The van der Waals surface area contributed by atoms with Gasteiger partial charge in [-0.05, 0) is 43.2 Å². The van der Waals surface area contributed by atoms with E-state index in [2.05, 4.69) is 0 Å². The molecule has 2 aromatic rings. The molecule has 4 heteroatoms. The molecule has 0 fully saturated rings. The standard InChI is InChI=1S/C17H17ClO3/c1-17(18,12-16(19)20)11-13-6-5-9-15(10-13)21-14-7-3-2-4-8-14/h2-10H,11-12H2,1H3,(H,19,20). The molecular formula is C17H17ClO3. The summed E-state index contributed by atoms with van der Waals surface area (Å²) in [4.78, 5) is 10.00. The second-order valence-corrected chi connectivity index (χ2v) is 6.14. The summed E-state index contributed by atoms with van der Waals surface area (Å²) in [5.41, 5.74) is 0.946. The fourth-order valence-electron chi connectivity index (χ4n) is 2.15. The maximum absolute atomic E-state index is 10.8. The van der Waals surface area contributed by atoms with Crippen molar-refractivity contribution in [3.63, 3.8) is 0 Å². The Balaban J connectivity index is 2.09. The highest BCUT2D eigenvalue weighted by atomic mass is 35.5. The summed E-state index contributed by atoms with van der Waals surface area (Å²) >= 11 is 6.26. The van der Waals surface area contributed by atoms with Crippen molar-refractivity contribution in [3.05, 3.63) is 60.2 Å². The first-order valence-corrected chi connectivity index (χ1v) is 7.05. The summed E-state index contributed by atoms with van der Waals surface area (Å²) in [7, 11) is 0. The van der Waals surface area contributed by atoms with Crippen molar-refractivity contribution in [1.82, 2.24) is 0 Å². The maximum Gasteiger partial charge on any atom is 0.305 e. The Kier molecular flexibility index (Phi) is 4.86. The summed E-state index contributed by atoms with van der Waals surface area (Å²) in [6.07, 6.45) is 0.380. The second-order valence-electron chi connectivity index (χ2n) is 5.22. The van der Waals surface area contributed by atoms with Crippen LogP contribution in [0.2, 0.25) is 0 Å². The molecule has 3 nitrogen and oxygen atoms in total. The molecule has 0 aliphatic heterocycles. The van der Waals surface area contributed by atoms with Crippen LogP contribution >= 0.6 is 11.6 Å². The van der Waals surface area contributed by atoms with Crippen molar-refractivity contribution in [2.24, 2.45) is 0 Å². The highest BCUT2D eigenvalue weighted by Crippen LogP contribution is 2.28. The van der Waals surface area contributed by atoms with E-state index < -0.39 is 10.8 Å². The molecule has 0 saturated carbocycles. The van der Waals surface area contributed by atoms with Gasteiger partial charge < -0.3 is 9.84 Å². The van der Waals surface area contributed by atoms with Crippen molar-refractivity contribution in [2.45, 2.75) is 24.6 Å². The van der Waals surface area contributed by atoms with E-state index in [1.807, 2.05) is 54.6 Å². The first-order valence-electron chi connectivity index (χ1n) is 6.67. The fraction of sp³-hybridized carbons (Fsp3) is 0.235. The van der Waals surface area contributed by atoms with E-state index in [4.69, 9.17) is 21.4 Å². The molecule has 0 spiro atoms. The van der Waals surface area contributed by atoms with Crippen LogP contribution in [0.4, 0.5) is 0 Å². The predicted molar refractivity (Wildman–Crippen MR) is 83.2 cm³/mol. The zero-order valence-corrected chi connectivity index (χ0v) is 12.5. The normalized spacial score (nSPS) is 13.4. The van der Waals surface area contributed by atoms with Gasteiger partial charge in [-0.1, -0.05) is 30.3 Å². The number of para-hydroxylation sites is 1. The van der Waals surface area contributed by atoms with Gasteiger partial charge in [0.1, 0.15) is 11.5 Å². The monoisotopic (exact) mass is 304 g/mol. The van der Waals surface area contributed by atoms with Gasteiger partial charge in [-0.3, -0.25) is 4.79 Å². The van der Waals surface area contributed by atoms with Crippen molar-refractivity contribution >= 4 is 17.6 Å². The molecule has 2 rings (SSSR count). The minimum atomic E-state index is -0.899. The Bertz CT molecular complexity index is 608. The number of hydrogen-bond acceptors (Lipinski definition) is 2. The number of ether oxygens (including phenoxy) is 1. The molecular weight excluding hydrogens is 288 g/mol. The van der Waals surface area contributed by atoms with Crippen LogP contribution in [0.3, 0.4) is 0 Å². The number of aliphatic carboxylic acids is 1. The quantitative estimate of drug-likeness (QED) is 0.800. The average Bonchev–Trinajstić information content (AvgIpc) is 2.38. The Morgan fingerprint density at radius 3 is 2.48 bits per heavy atom. The maximum atomic E-state index is 10.8. The van der Waals surface area contributed by atoms with Gasteiger partial charge in [0.25, 0.3) is 0 Å². The first kappa shape index (κ1) is 15.4. The van der Waals surface area contributed by atoms with Gasteiger partial charge in [-0.15, -0.1) is 11.6 Å². The van der Waals surface area contributed by atoms with E-state index in [-0.39, 0.29) is 6.42 Å². The van der Waals surface area contributed by atoms with Gasteiger partial charge in [0.15, 0.2) is 0 Å². The molecule has 2 aromatic carbocycles. The van der Waals surface area contributed by atoms with Crippen LogP contribution in [-0.4, -0.2) is 16.0 Å². The zero-order chi connectivity index (χ0) is 15.3. The number of benzene rings is 2. The van der Waals surface area contributed by atoms with Crippen molar-refractivity contribution in [3.8, 4) is 11.5 Å². The van der Waals surface area contributed by atoms with Crippen LogP contribution in [0, 0.1) is 0 Å². The molecule has 0 bridgehead atoms. The molecule has 1 atom stereocenters. The zero-order valence-electron chi connectivity index (χ0n) is 11.8. The van der Waals surface area contributed by atoms with Crippen LogP contribution in [0.1, 0.15) is 18.9 Å². The third-order valence-corrected chi connectivity index (χ3v) is 3.24. The van der Waals surface area contributed by atoms with Crippen molar-refractivity contribution in [1.29, 1.82) is 0 Å². The average molecular weight is 305 g/mol. The third-order valence-electron chi connectivity index (χ3n) is 2.97. The van der Waals surface area contributed by atoms with Gasteiger partial charge in [-0.25, -0.2) is 0 Å². The lowest BCUT2D eigenvalue weighted by Crippen LogP contribution is -2.24. The van der Waals surface area contributed by atoms with Crippen LogP contribution in [-0.2, 0) is 11.2 Å². The molecule has 0 amide bonds. The molecule has 21 heavy (non-hydrogen) atoms. The van der Waals surface area contributed by atoms with Crippen molar-refractivity contribution in [2.75, 3.05) is 0 Å². The number of hydrogen-bond donors (Lipinski definition) is 1. The van der Waals surface area contributed by atoms with Crippen molar-refractivity contribution < 1.29 is 14.6 Å². The first-order chi connectivity index (χ1) is 9.94. The van der Waals surface area contributed by atoms with Gasteiger partial charge in [0.2, 0.25) is 0 Å². The Morgan fingerprint density at radius 1 is 1.14 bits per heavy atom. The molecule has 0 aliphatic carbocycles. The number of carbonyl (C=O) groups is 1. The molecule has 110 valence electrons. The number of alkyl halides is 1. The summed E-state index contributed by atoms with van der Waals surface area (Å²) in [6.45, 7) is 1.73. The third kappa shape index (κ3) is 5.12. The van der Waals surface area contributed by atoms with Crippen LogP contribution < -0.4 is 4.74 Å². The number of carboxylic acids is 1. The molecule has 0 saturated heterocycles. The largest absolute Gasteiger partial charge is 0.481 e. The highest BCUT2D eigenvalue weighted by molar-refractivity contribution is 6.24. The van der Waals surface area contributed by atoms with Gasteiger partial charge in [-0.2, -0.15) is 0 Å². The molecule has 0 aliphatic rings. The number of halogens is 1. The molecule has 0 heterocycles. The predicted octanol–water partition coefficient (Wildman–Crippen LogP) is 4.49. The highest BCUT2D eigenvalue weighted by Gasteiger charge is 2.25. The SMILES string of the molecule is CC(Cl)(CC(=O)O)Cc1cccc(Oc2ccccc2)c1. The van der Waals surface area contributed by atoms with E-state index >= 15 is 0 Å². The van der Waals surface area contributed by atoms with Gasteiger partial charge in [0, 0.05) is 0 Å². The van der Waals surface area contributed by atoms with Crippen LogP contribution in [0.25, 0.3) is 0 Å². The topological polar surface area (TPSA) is 46.5 Å². The number of rotatable bonds is 6. The molecule has 0 aromatic heterocycles. The van der Waals surface area contributed by atoms with E-state index in [9.17, 15) is 4.79 Å². The van der Waals surface area contributed by atoms with E-state index in [0.717, 1.165) is 11.3 Å². The summed E-state index contributed by atoms with van der Waals surface area (Å²) in [5.74, 6) is 0.569. The Hall–Kier alpha value is -2.00. The second kappa shape index (κ2) is 6.64. The van der Waals surface area contributed by atoms with Crippen LogP contribution in [0.15, 0.2) is 54.6 Å². The smallest absolute Gasteiger partial charge is 0.305 e. The molecule has 1 N–H and O–H groups in total. The van der Waals surface area contributed by atoms with E-state index in [0.29, 0.717) is 12.2 Å². The molecule has 1 unspecified atom stereocenters. The Morgan fingerprint density at radius 2 is 1.81 bits per heavy atom. The van der Waals surface area contributed by atoms with E-state index in [1.54, 1.807) is 6.92 Å². The van der Waals surface area contributed by atoms with E-state index in [1.165, 1.54) is 0 Å². The lowest BCUT2D eigenvalue weighted by molar-refractivity contribution is -0.137. The minimum Gasteiger partial charge on any atom is -0.481 e.